The van der Waals surface area contributed by atoms with E-state index in [1.54, 1.807) is 12.1 Å². The Bertz CT molecular complexity index is 294. The number of aliphatic hydroxyl groups is 1. The van der Waals surface area contributed by atoms with Gasteiger partial charge in [-0.25, -0.2) is 0 Å². The zero-order valence-corrected chi connectivity index (χ0v) is 11.0. The fourth-order valence-corrected chi connectivity index (χ4v) is 1.59. The molecule has 1 heterocycles. The van der Waals surface area contributed by atoms with Crippen LogP contribution in [0.15, 0.2) is 24.3 Å². The molecule has 1 unspecified atom stereocenters. The maximum Gasteiger partial charge on any atom is 0.0592 e. The Labute approximate surface area is 112 Å². The number of rotatable bonds is 1. The van der Waals surface area contributed by atoms with Crippen molar-refractivity contribution < 1.29 is 9.84 Å². The van der Waals surface area contributed by atoms with Crippen molar-refractivity contribution in [2.45, 2.75) is 0 Å². The lowest BCUT2D eigenvalue weighted by Gasteiger charge is -2.07. The average Bonchev–Trinajstić information content (AvgIpc) is 2.62. The van der Waals surface area contributed by atoms with Crippen molar-refractivity contribution in [3.63, 3.8) is 0 Å². The number of hydrogen-bond donors (Lipinski definition) is 2. The second kappa shape index (κ2) is 8.72. The molecule has 0 amide bonds. The molecule has 1 aromatic rings. The SMILES string of the molecule is Clc1ccccc1Cl.OCC1CNCCOC1. The summed E-state index contributed by atoms with van der Waals surface area (Å²) in [6.45, 7) is 3.50. The standard InChI is InChI=1S/C6H4Cl2.C6H13NO2/c7-5-3-1-2-4-6(5)8;8-4-6-3-7-1-2-9-5-6/h1-4H;6-8H,1-5H2. The molecular weight excluding hydrogens is 261 g/mol. The minimum atomic E-state index is 0.229. The van der Waals surface area contributed by atoms with Crippen LogP contribution in [0.2, 0.25) is 10.0 Å². The van der Waals surface area contributed by atoms with Crippen molar-refractivity contribution in [2.24, 2.45) is 5.92 Å². The van der Waals surface area contributed by atoms with Crippen LogP contribution in [-0.4, -0.2) is 38.0 Å². The molecule has 1 fully saturated rings. The van der Waals surface area contributed by atoms with Crippen molar-refractivity contribution in [1.29, 1.82) is 0 Å². The minimum Gasteiger partial charge on any atom is -0.396 e. The second-order valence-corrected chi connectivity index (χ2v) is 4.56. The number of ether oxygens (including phenoxy) is 1. The molecule has 5 heteroatoms. The number of nitrogens with one attached hydrogen (secondary N) is 1. The van der Waals surface area contributed by atoms with E-state index in [4.69, 9.17) is 33.0 Å². The van der Waals surface area contributed by atoms with Gasteiger partial charge in [0, 0.05) is 25.6 Å². The van der Waals surface area contributed by atoms with Crippen LogP contribution in [0.5, 0.6) is 0 Å². The molecule has 17 heavy (non-hydrogen) atoms. The summed E-state index contributed by atoms with van der Waals surface area (Å²) in [5.41, 5.74) is 0. The van der Waals surface area contributed by atoms with Gasteiger partial charge in [-0.05, 0) is 12.1 Å². The second-order valence-electron chi connectivity index (χ2n) is 3.74. The molecule has 2 rings (SSSR count). The van der Waals surface area contributed by atoms with Crippen molar-refractivity contribution in [1.82, 2.24) is 5.32 Å². The highest BCUT2D eigenvalue weighted by Gasteiger charge is 2.09. The molecule has 96 valence electrons. The Balaban J connectivity index is 0.000000171. The van der Waals surface area contributed by atoms with Gasteiger partial charge in [0.2, 0.25) is 0 Å². The van der Waals surface area contributed by atoms with E-state index in [-0.39, 0.29) is 6.61 Å². The smallest absolute Gasteiger partial charge is 0.0592 e. The van der Waals surface area contributed by atoms with Crippen LogP contribution < -0.4 is 5.32 Å². The number of halogens is 2. The van der Waals surface area contributed by atoms with Crippen LogP contribution in [0.1, 0.15) is 0 Å². The summed E-state index contributed by atoms with van der Waals surface area (Å²) in [6, 6.07) is 7.19. The van der Waals surface area contributed by atoms with Crippen LogP contribution >= 0.6 is 23.2 Å². The normalized spacial score (nSPS) is 20.1. The molecule has 0 radical (unpaired) electrons. The van der Waals surface area contributed by atoms with E-state index in [1.807, 2.05) is 12.1 Å². The molecule has 1 aliphatic rings. The molecule has 1 aromatic carbocycles. The first-order valence-corrected chi connectivity index (χ1v) is 6.29. The molecule has 1 aliphatic heterocycles. The summed E-state index contributed by atoms with van der Waals surface area (Å²) < 4.78 is 5.18. The van der Waals surface area contributed by atoms with Gasteiger partial charge in [-0.1, -0.05) is 35.3 Å². The summed E-state index contributed by atoms with van der Waals surface area (Å²) in [6.07, 6.45) is 0. The first-order valence-electron chi connectivity index (χ1n) is 5.53. The van der Waals surface area contributed by atoms with Crippen LogP contribution in [0.25, 0.3) is 0 Å². The van der Waals surface area contributed by atoms with Gasteiger partial charge in [-0.2, -0.15) is 0 Å². The van der Waals surface area contributed by atoms with Crippen LogP contribution in [0.3, 0.4) is 0 Å². The molecule has 0 spiro atoms. The summed E-state index contributed by atoms with van der Waals surface area (Å²) in [5.74, 6) is 0.299. The third-order valence-electron chi connectivity index (χ3n) is 2.29. The third-order valence-corrected chi connectivity index (χ3v) is 3.05. The summed E-state index contributed by atoms with van der Waals surface area (Å²) >= 11 is 11.2. The van der Waals surface area contributed by atoms with Gasteiger partial charge < -0.3 is 15.2 Å². The predicted molar refractivity (Wildman–Crippen MR) is 70.7 cm³/mol. The Morgan fingerprint density at radius 2 is 1.94 bits per heavy atom. The summed E-state index contributed by atoms with van der Waals surface area (Å²) in [4.78, 5) is 0. The molecule has 0 aromatic heterocycles. The Morgan fingerprint density at radius 3 is 2.47 bits per heavy atom. The Kier molecular flexibility index (Phi) is 7.56. The van der Waals surface area contributed by atoms with Gasteiger partial charge in [-0.3, -0.25) is 0 Å². The molecule has 1 atom stereocenters. The monoisotopic (exact) mass is 277 g/mol. The molecule has 0 aliphatic carbocycles. The Morgan fingerprint density at radius 1 is 1.29 bits per heavy atom. The van der Waals surface area contributed by atoms with E-state index in [1.165, 1.54) is 0 Å². The van der Waals surface area contributed by atoms with E-state index in [9.17, 15) is 0 Å². The molecule has 3 nitrogen and oxygen atoms in total. The number of aliphatic hydroxyl groups excluding tert-OH is 1. The molecule has 1 saturated heterocycles. The van der Waals surface area contributed by atoms with Crippen molar-refractivity contribution in [2.75, 3.05) is 32.9 Å². The van der Waals surface area contributed by atoms with Gasteiger partial charge in [-0.15, -0.1) is 0 Å². The molecule has 0 bridgehead atoms. The summed E-state index contributed by atoms with van der Waals surface area (Å²) in [5, 5.41) is 13.1. The number of hydrogen-bond acceptors (Lipinski definition) is 3. The Hall–Kier alpha value is -0.320. The highest BCUT2D eigenvalue weighted by atomic mass is 35.5. The number of benzene rings is 1. The van der Waals surface area contributed by atoms with Gasteiger partial charge in [0.1, 0.15) is 0 Å². The van der Waals surface area contributed by atoms with E-state index in [0.29, 0.717) is 22.6 Å². The van der Waals surface area contributed by atoms with E-state index in [2.05, 4.69) is 5.32 Å². The lowest BCUT2D eigenvalue weighted by atomic mass is 10.2. The first-order chi connectivity index (χ1) is 8.24. The van der Waals surface area contributed by atoms with Crippen LogP contribution in [0, 0.1) is 5.92 Å². The van der Waals surface area contributed by atoms with E-state index < -0.39 is 0 Å². The topological polar surface area (TPSA) is 41.5 Å². The lowest BCUT2D eigenvalue weighted by molar-refractivity contribution is 0.0959. The van der Waals surface area contributed by atoms with Gasteiger partial charge in [0.05, 0.1) is 23.3 Å². The highest BCUT2D eigenvalue weighted by Crippen LogP contribution is 2.19. The van der Waals surface area contributed by atoms with Gasteiger partial charge in [0.15, 0.2) is 0 Å². The lowest BCUT2D eigenvalue weighted by Crippen LogP contribution is -2.24. The highest BCUT2D eigenvalue weighted by molar-refractivity contribution is 6.41. The average molecular weight is 278 g/mol. The largest absolute Gasteiger partial charge is 0.396 e. The zero-order valence-electron chi connectivity index (χ0n) is 9.53. The van der Waals surface area contributed by atoms with Crippen LogP contribution in [-0.2, 0) is 4.74 Å². The van der Waals surface area contributed by atoms with Crippen molar-refractivity contribution in [3.05, 3.63) is 34.3 Å². The fraction of sp³-hybridized carbons (Fsp3) is 0.500. The third kappa shape index (κ3) is 6.24. The van der Waals surface area contributed by atoms with Crippen molar-refractivity contribution >= 4 is 23.2 Å². The zero-order chi connectivity index (χ0) is 12.5. The predicted octanol–water partition coefficient (Wildman–Crippen LogP) is 2.21. The molecule has 2 N–H and O–H groups in total. The van der Waals surface area contributed by atoms with E-state index in [0.717, 1.165) is 19.7 Å². The molecular formula is C12H17Cl2NO2. The fourth-order valence-electron chi connectivity index (χ4n) is 1.32. The molecule has 0 saturated carbocycles. The van der Waals surface area contributed by atoms with Gasteiger partial charge in [0.25, 0.3) is 0 Å². The quantitative estimate of drug-likeness (QED) is 0.827. The summed E-state index contributed by atoms with van der Waals surface area (Å²) in [7, 11) is 0. The van der Waals surface area contributed by atoms with Crippen LogP contribution in [0.4, 0.5) is 0 Å². The minimum absolute atomic E-state index is 0.229. The maximum atomic E-state index is 8.70. The van der Waals surface area contributed by atoms with E-state index >= 15 is 0 Å². The first kappa shape index (κ1) is 14.7. The van der Waals surface area contributed by atoms with Crippen molar-refractivity contribution in [3.8, 4) is 0 Å². The maximum absolute atomic E-state index is 8.70. The van der Waals surface area contributed by atoms with Gasteiger partial charge >= 0.3 is 0 Å².